The van der Waals surface area contributed by atoms with Crippen LogP contribution >= 0.6 is 45.9 Å². The molecule has 4 aromatic rings. The molecule has 0 radical (unpaired) electrons. The van der Waals surface area contributed by atoms with Gasteiger partial charge in [-0.05, 0) is 61.9 Å². The molecule has 162 valence electrons. The van der Waals surface area contributed by atoms with Crippen LogP contribution in [-0.2, 0) is 0 Å². The number of aromatic nitrogens is 1. The van der Waals surface area contributed by atoms with Crippen LogP contribution in [0.5, 0.6) is 0 Å². The van der Waals surface area contributed by atoms with E-state index in [0.717, 1.165) is 15.4 Å². The lowest BCUT2D eigenvalue weighted by molar-refractivity contribution is 0.102. The Morgan fingerprint density at radius 2 is 1.59 bits per heavy atom. The summed E-state index contributed by atoms with van der Waals surface area (Å²) in [6.45, 7) is 3.70. The number of thiazole rings is 1. The third kappa shape index (κ3) is 5.02. The lowest BCUT2D eigenvalue weighted by Gasteiger charge is -2.10. The fourth-order valence-electron chi connectivity index (χ4n) is 3.01. The number of thiophene rings is 1. The quantitative estimate of drug-likeness (QED) is 0.301. The van der Waals surface area contributed by atoms with E-state index in [-0.39, 0.29) is 11.8 Å². The Kier molecular flexibility index (Phi) is 6.62. The van der Waals surface area contributed by atoms with Crippen molar-refractivity contribution in [3.05, 3.63) is 85.7 Å². The molecule has 2 N–H and O–H groups in total. The first-order chi connectivity index (χ1) is 15.3. The van der Waals surface area contributed by atoms with E-state index in [9.17, 15) is 9.59 Å². The molecule has 0 saturated heterocycles. The molecule has 0 fully saturated rings. The number of benzene rings is 2. The molecule has 9 heteroatoms. The summed E-state index contributed by atoms with van der Waals surface area (Å²) in [4.78, 5) is 31.4. The Labute approximate surface area is 203 Å². The second kappa shape index (κ2) is 9.42. The zero-order chi connectivity index (χ0) is 22.8. The maximum atomic E-state index is 12.8. The van der Waals surface area contributed by atoms with Gasteiger partial charge >= 0.3 is 0 Å². The number of aryl methyl sites for hydroxylation is 2. The normalized spacial score (nSPS) is 10.8. The summed E-state index contributed by atoms with van der Waals surface area (Å²) in [5, 5.41) is 6.82. The van der Waals surface area contributed by atoms with Gasteiger partial charge in [0.25, 0.3) is 11.8 Å². The zero-order valence-corrected chi connectivity index (χ0v) is 20.2. The predicted molar refractivity (Wildman–Crippen MR) is 134 cm³/mol. The second-order valence-corrected chi connectivity index (χ2v) is 10.1. The number of halogens is 2. The molecule has 0 aliphatic rings. The SMILES string of the molecule is Cc1ccc(C(=O)Nc2cccc(NC(=O)c3sc(-c4ccc(Cl)s4)nc3C)c2)c(Cl)c1. The highest BCUT2D eigenvalue weighted by molar-refractivity contribution is 7.24. The molecule has 0 saturated carbocycles. The molecule has 2 aromatic heterocycles. The lowest BCUT2D eigenvalue weighted by Crippen LogP contribution is -2.14. The van der Waals surface area contributed by atoms with Crippen molar-refractivity contribution < 1.29 is 9.59 Å². The third-order valence-electron chi connectivity index (χ3n) is 4.53. The highest BCUT2D eigenvalue weighted by atomic mass is 35.5. The van der Waals surface area contributed by atoms with E-state index in [0.29, 0.717) is 36.9 Å². The van der Waals surface area contributed by atoms with Gasteiger partial charge in [-0.2, -0.15) is 0 Å². The van der Waals surface area contributed by atoms with Crippen LogP contribution < -0.4 is 10.6 Å². The van der Waals surface area contributed by atoms with Crippen molar-refractivity contribution in [2.45, 2.75) is 13.8 Å². The number of rotatable bonds is 5. The molecule has 32 heavy (non-hydrogen) atoms. The Hall–Kier alpha value is -2.71. The highest BCUT2D eigenvalue weighted by Crippen LogP contribution is 2.35. The van der Waals surface area contributed by atoms with Gasteiger partial charge in [-0.25, -0.2) is 4.98 Å². The first-order valence-corrected chi connectivity index (χ1v) is 11.9. The van der Waals surface area contributed by atoms with Crippen LogP contribution in [0.2, 0.25) is 9.36 Å². The van der Waals surface area contributed by atoms with Crippen molar-refractivity contribution in [3.8, 4) is 9.88 Å². The van der Waals surface area contributed by atoms with Crippen LogP contribution in [0.1, 0.15) is 31.3 Å². The van der Waals surface area contributed by atoms with Crippen molar-refractivity contribution in [2.75, 3.05) is 10.6 Å². The number of hydrogen-bond donors (Lipinski definition) is 2. The Morgan fingerprint density at radius 3 is 2.25 bits per heavy atom. The molecule has 0 unspecified atom stereocenters. The van der Waals surface area contributed by atoms with E-state index in [4.69, 9.17) is 23.2 Å². The van der Waals surface area contributed by atoms with Crippen LogP contribution in [0, 0.1) is 13.8 Å². The molecular formula is C23H17Cl2N3O2S2. The minimum Gasteiger partial charge on any atom is -0.322 e. The van der Waals surface area contributed by atoms with Gasteiger partial charge in [0, 0.05) is 11.4 Å². The van der Waals surface area contributed by atoms with Crippen molar-refractivity contribution >= 4 is 69.1 Å². The molecule has 4 rings (SSSR count). The van der Waals surface area contributed by atoms with Gasteiger partial charge in [0.1, 0.15) is 9.88 Å². The van der Waals surface area contributed by atoms with Gasteiger partial charge in [0.15, 0.2) is 0 Å². The van der Waals surface area contributed by atoms with Gasteiger partial charge in [0.05, 0.1) is 25.5 Å². The number of anilines is 2. The maximum Gasteiger partial charge on any atom is 0.267 e. The Balaban J connectivity index is 1.49. The first-order valence-electron chi connectivity index (χ1n) is 9.52. The smallest absolute Gasteiger partial charge is 0.267 e. The molecular weight excluding hydrogens is 485 g/mol. The number of carbonyl (C=O) groups is 2. The topological polar surface area (TPSA) is 71.1 Å². The van der Waals surface area contributed by atoms with Gasteiger partial charge in [-0.1, -0.05) is 35.3 Å². The van der Waals surface area contributed by atoms with E-state index >= 15 is 0 Å². The maximum absolute atomic E-state index is 12.8. The summed E-state index contributed by atoms with van der Waals surface area (Å²) in [5.74, 6) is -0.588. The van der Waals surface area contributed by atoms with E-state index in [1.54, 1.807) is 43.3 Å². The van der Waals surface area contributed by atoms with Crippen LogP contribution in [0.25, 0.3) is 9.88 Å². The molecule has 0 aliphatic heterocycles. The van der Waals surface area contributed by atoms with Crippen LogP contribution in [0.4, 0.5) is 11.4 Å². The van der Waals surface area contributed by atoms with Gasteiger partial charge < -0.3 is 10.6 Å². The summed E-state index contributed by atoms with van der Waals surface area (Å²) in [6.07, 6.45) is 0. The molecule has 2 heterocycles. The summed E-state index contributed by atoms with van der Waals surface area (Å²) >= 11 is 14.9. The van der Waals surface area contributed by atoms with Crippen molar-refractivity contribution in [3.63, 3.8) is 0 Å². The highest BCUT2D eigenvalue weighted by Gasteiger charge is 2.18. The van der Waals surface area contributed by atoms with Gasteiger partial charge in [-0.15, -0.1) is 22.7 Å². The zero-order valence-electron chi connectivity index (χ0n) is 17.0. The Morgan fingerprint density at radius 1 is 0.875 bits per heavy atom. The molecule has 0 aliphatic carbocycles. The van der Waals surface area contributed by atoms with Crippen LogP contribution in [0.15, 0.2) is 54.6 Å². The van der Waals surface area contributed by atoms with Crippen molar-refractivity contribution in [1.82, 2.24) is 4.98 Å². The average molecular weight is 502 g/mol. The molecule has 2 amide bonds. The van der Waals surface area contributed by atoms with Crippen molar-refractivity contribution in [1.29, 1.82) is 0 Å². The predicted octanol–water partition coefficient (Wildman–Crippen LogP) is 7.30. The number of amides is 2. The standard InChI is InChI=1S/C23H17Cl2N3O2S2/c1-12-6-7-16(17(24)10-12)21(29)27-14-4-3-5-15(11-14)28-22(30)20-13(2)26-23(32-20)18-8-9-19(25)31-18/h3-11H,1-2H3,(H,27,29)(H,28,30). The fourth-order valence-corrected chi connectivity index (χ4v) is 5.39. The fraction of sp³-hybridized carbons (Fsp3) is 0.0870. The van der Waals surface area contributed by atoms with Crippen molar-refractivity contribution in [2.24, 2.45) is 0 Å². The summed E-state index contributed by atoms with van der Waals surface area (Å²) in [6, 6.07) is 15.9. The molecule has 0 spiro atoms. The number of nitrogens with one attached hydrogen (secondary N) is 2. The lowest BCUT2D eigenvalue weighted by atomic mass is 10.1. The van der Waals surface area contributed by atoms with Crippen LogP contribution in [-0.4, -0.2) is 16.8 Å². The number of hydrogen-bond acceptors (Lipinski definition) is 5. The third-order valence-corrected chi connectivity index (χ3v) is 7.40. The molecule has 5 nitrogen and oxygen atoms in total. The molecule has 2 aromatic carbocycles. The van der Waals surface area contributed by atoms with E-state index in [1.165, 1.54) is 22.7 Å². The minimum absolute atomic E-state index is 0.265. The summed E-state index contributed by atoms with van der Waals surface area (Å²) in [7, 11) is 0. The molecule has 0 atom stereocenters. The monoisotopic (exact) mass is 501 g/mol. The van der Waals surface area contributed by atoms with E-state index in [2.05, 4.69) is 15.6 Å². The second-order valence-electron chi connectivity index (χ2n) is 7.01. The first kappa shape index (κ1) is 22.5. The van der Waals surface area contributed by atoms with E-state index < -0.39 is 0 Å². The Bertz CT molecular complexity index is 1330. The van der Waals surface area contributed by atoms with Gasteiger partial charge in [-0.3, -0.25) is 9.59 Å². The largest absolute Gasteiger partial charge is 0.322 e. The number of carbonyl (C=O) groups excluding carboxylic acids is 2. The summed E-state index contributed by atoms with van der Waals surface area (Å²) < 4.78 is 0.671. The average Bonchev–Trinajstić information content (AvgIpc) is 3.33. The molecule has 0 bridgehead atoms. The van der Waals surface area contributed by atoms with E-state index in [1.807, 2.05) is 25.1 Å². The number of nitrogens with zero attached hydrogens (tertiary/aromatic N) is 1. The summed E-state index contributed by atoms with van der Waals surface area (Å²) in [5.41, 5.74) is 3.09. The minimum atomic E-state index is -0.323. The van der Waals surface area contributed by atoms with Crippen LogP contribution in [0.3, 0.4) is 0 Å². The van der Waals surface area contributed by atoms with Gasteiger partial charge in [0.2, 0.25) is 0 Å².